The van der Waals surface area contributed by atoms with E-state index < -0.39 is 0 Å². The number of rotatable bonds is 2. The van der Waals surface area contributed by atoms with Gasteiger partial charge >= 0.3 is 0 Å². The Bertz CT molecular complexity index is 421. The van der Waals surface area contributed by atoms with E-state index in [9.17, 15) is 0 Å². The smallest absolute Gasteiger partial charge is 0.0451 e. The van der Waals surface area contributed by atoms with Gasteiger partial charge in [0.25, 0.3) is 0 Å². The molecular formula is C16H23ClN2. The minimum Gasteiger partial charge on any atom is -0.299 e. The molecule has 1 atom stereocenters. The molecule has 1 aromatic rings. The molecule has 0 N–H and O–H groups in total. The van der Waals surface area contributed by atoms with Crippen LogP contribution in [-0.4, -0.2) is 42.0 Å². The van der Waals surface area contributed by atoms with Crippen molar-refractivity contribution in [3.05, 3.63) is 34.9 Å². The highest BCUT2D eigenvalue weighted by Gasteiger charge is 2.27. The third kappa shape index (κ3) is 3.31. The molecule has 2 fully saturated rings. The lowest BCUT2D eigenvalue weighted by atomic mass is 10.0. The van der Waals surface area contributed by atoms with E-state index in [0.29, 0.717) is 0 Å². The predicted octanol–water partition coefficient (Wildman–Crippen LogP) is 3.40. The maximum absolute atomic E-state index is 6.28. The first-order chi connectivity index (χ1) is 9.33. The molecule has 2 nitrogen and oxygen atoms in total. The van der Waals surface area contributed by atoms with Gasteiger partial charge in [-0.3, -0.25) is 9.80 Å². The van der Waals surface area contributed by atoms with Crippen LogP contribution < -0.4 is 0 Å². The fourth-order valence-corrected chi connectivity index (χ4v) is 3.65. The molecule has 0 bridgehead atoms. The van der Waals surface area contributed by atoms with Crippen molar-refractivity contribution >= 4 is 11.6 Å². The Morgan fingerprint density at radius 3 is 2.79 bits per heavy atom. The average Bonchev–Trinajstić information content (AvgIpc) is 2.63. The van der Waals surface area contributed by atoms with Gasteiger partial charge in [0.15, 0.2) is 0 Å². The molecule has 2 aliphatic rings. The molecule has 0 spiro atoms. The maximum atomic E-state index is 6.28. The normalized spacial score (nSPS) is 25.8. The van der Waals surface area contributed by atoms with Crippen molar-refractivity contribution in [3.8, 4) is 0 Å². The molecule has 0 radical (unpaired) electrons. The fraction of sp³-hybridized carbons (Fsp3) is 0.625. The van der Waals surface area contributed by atoms with Gasteiger partial charge in [-0.1, -0.05) is 36.2 Å². The Hall–Kier alpha value is -0.570. The average molecular weight is 279 g/mol. The van der Waals surface area contributed by atoms with Gasteiger partial charge in [-0.25, -0.2) is 0 Å². The fourth-order valence-electron chi connectivity index (χ4n) is 3.46. The summed E-state index contributed by atoms with van der Waals surface area (Å²) in [5, 5.41) is 0.909. The van der Waals surface area contributed by atoms with Crippen LogP contribution in [0.15, 0.2) is 24.3 Å². The van der Waals surface area contributed by atoms with Crippen LogP contribution in [0.3, 0.4) is 0 Å². The molecule has 2 heterocycles. The Morgan fingerprint density at radius 1 is 1.05 bits per heavy atom. The summed E-state index contributed by atoms with van der Waals surface area (Å²) in [6.45, 7) is 6.02. The maximum Gasteiger partial charge on any atom is 0.0451 e. The van der Waals surface area contributed by atoms with Crippen LogP contribution in [0.1, 0.15) is 31.2 Å². The third-order valence-corrected chi connectivity index (χ3v) is 4.86. The Kier molecular flexibility index (Phi) is 4.42. The summed E-state index contributed by atoms with van der Waals surface area (Å²) >= 11 is 6.28. The van der Waals surface area contributed by atoms with Crippen LogP contribution in [-0.2, 0) is 6.54 Å². The lowest BCUT2D eigenvalue weighted by molar-refractivity contribution is 0.135. The molecule has 0 saturated carbocycles. The highest BCUT2D eigenvalue weighted by molar-refractivity contribution is 6.31. The topological polar surface area (TPSA) is 6.48 Å². The minimum absolute atomic E-state index is 0.777. The van der Waals surface area contributed by atoms with Crippen molar-refractivity contribution in [2.24, 2.45) is 0 Å². The summed E-state index contributed by atoms with van der Waals surface area (Å²) in [6, 6.07) is 9.04. The van der Waals surface area contributed by atoms with Gasteiger partial charge in [0.05, 0.1) is 0 Å². The van der Waals surface area contributed by atoms with E-state index in [1.54, 1.807) is 0 Å². The van der Waals surface area contributed by atoms with E-state index in [1.165, 1.54) is 57.4 Å². The van der Waals surface area contributed by atoms with Gasteiger partial charge in [0, 0.05) is 24.2 Å². The second-order valence-corrected chi connectivity index (χ2v) is 6.27. The molecule has 3 heteroatoms. The molecular weight excluding hydrogens is 256 g/mol. The molecule has 1 aromatic carbocycles. The van der Waals surface area contributed by atoms with Crippen LogP contribution in [0.25, 0.3) is 0 Å². The summed E-state index contributed by atoms with van der Waals surface area (Å²) in [6.07, 6.45) is 5.46. The number of fused-ring (bicyclic) bond motifs is 1. The molecule has 0 amide bonds. The summed E-state index contributed by atoms with van der Waals surface area (Å²) in [5.41, 5.74) is 1.27. The zero-order valence-electron chi connectivity index (χ0n) is 11.5. The quantitative estimate of drug-likeness (QED) is 0.818. The zero-order chi connectivity index (χ0) is 13.1. The molecule has 2 saturated heterocycles. The lowest BCUT2D eigenvalue weighted by Crippen LogP contribution is -2.43. The molecule has 104 valence electrons. The molecule has 19 heavy (non-hydrogen) atoms. The first-order valence-electron chi connectivity index (χ1n) is 7.53. The predicted molar refractivity (Wildman–Crippen MR) is 80.6 cm³/mol. The van der Waals surface area contributed by atoms with E-state index in [4.69, 9.17) is 11.6 Å². The highest BCUT2D eigenvalue weighted by atomic mass is 35.5. The standard InChI is InChI=1S/C16H23ClN2/c17-16-8-2-1-6-14(16)12-18-9-5-11-19-10-4-3-7-15(19)13-18/h1-2,6,8,15H,3-5,7,9-13H2. The van der Waals surface area contributed by atoms with Crippen LogP contribution >= 0.6 is 11.6 Å². The van der Waals surface area contributed by atoms with Crippen molar-refractivity contribution in [1.82, 2.24) is 9.80 Å². The van der Waals surface area contributed by atoms with E-state index in [-0.39, 0.29) is 0 Å². The van der Waals surface area contributed by atoms with Gasteiger partial charge in [0.2, 0.25) is 0 Å². The number of piperidine rings is 1. The zero-order valence-corrected chi connectivity index (χ0v) is 12.3. The van der Waals surface area contributed by atoms with Gasteiger partial charge < -0.3 is 0 Å². The van der Waals surface area contributed by atoms with Crippen molar-refractivity contribution in [2.45, 2.75) is 38.3 Å². The molecule has 0 aromatic heterocycles. The van der Waals surface area contributed by atoms with Crippen molar-refractivity contribution in [3.63, 3.8) is 0 Å². The number of benzene rings is 1. The van der Waals surface area contributed by atoms with E-state index in [1.807, 2.05) is 12.1 Å². The first-order valence-corrected chi connectivity index (χ1v) is 7.90. The van der Waals surface area contributed by atoms with Crippen LogP contribution in [0, 0.1) is 0 Å². The Morgan fingerprint density at radius 2 is 1.89 bits per heavy atom. The van der Waals surface area contributed by atoms with Gasteiger partial charge in [-0.2, -0.15) is 0 Å². The summed E-state index contributed by atoms with van der Waals surface area (Å²) < 4.78 is 0. The van der Waals surface area contributed by atoms with E-state index in [2.05, 4.69) is 21.9 Å². The number of halogens is 1. The summed E-state index contributed by atoms with van der Waals surface area (Å²) in [5.74, 6) is 0. The van der Waals surface area contributed by atoms with Crippen molar-refractivity contribution < 1.29 is 0 Å². The minimum atomic E-state index is 0.777. The summed E-state index contributed by atoms with van der Waals surface area (Å²) in [7, 11) is 0. The molecule has 0 aliphatic carbocycles. The molecule has 3 rings (SSSR count). The number of hydrogen-bond acceptors (Lipinski definition) is 2. The third-order valence-electron chi connectivity index (χ3n) is 4.49. The van der Waals surface area contributed by atoms with Crippen molar-refractivity contribution in [2.75, 3.05) is 26.2 Å². The monoisotopic (exact) mass is 278 g/mol. The Labute approximate surface area is 121 Å². The lowest BCUT2D eigenvalue weighted by Gasteiger charge is -2.35. The van der Waals surface area contributed by atoms with Gasteiger partial charge in [-0.05, 0) is 50.5 Å². The molecule has 1 unspecified atom stereocenters. The second kappa shape index (κ2) is 6.25. The first kappa shape index (κ1) is 13.4. The van der Waals surface area contributed by atoms with E-state index in [0.717, 1.165) is 17.6 Å². The second-order valence-electron chi connectivity index (χ2n) is 5.87. The van der Waals surface area contributed by atoms with Gasteiger partial charge in [0.1, 0.15) is 0 Å². The van der Waals surface area contributed by atoms with E-state index >= 15 is 0 Å². The Balaban J connectivity index is 1.66. The van der Waals surface area contributed by atoms with Crippen LogP contribution in [0.4, 0.5) is 0 Å². The van der Waals surface area contributed by atoms with Crippen LogP contribution in [0.5, 0.6) is 0 Å². The van der Waals surface area contributed by atoms with Gasteiger partial charge in [-0.15, -0.1) is 0 Å². The summed E-state index contributed by atoms with van der Waals surface area (Å²) in [4.78, 5) is 5.30. The number of hydrogen-bond donors (Lipinski definition) is 0. The molecule has 2 aliphatic heterocycles. The largest absolute Gasteiger partial charge is 0.299 e. The number of nitrogens with zero attached hydrogens (tertiary/aromatic N) is 2. The highest BCUT2D eigenvalue weighted by Crippen LogP contribution is 2.23. The van der Waals surface area contributed by atoms with Crippen molar-refractivity contribution in [1.29, 1.82) is 0 Å². The SMILES string of the molecule is Clc1ccccc1CN1CCCN2CCCCC2C1. The van der Waals surface area contributed by atoms with Crippen LogP contribution in [0.2, 0.25) is 5.02 Å².